The Morgan fingerprint density at radius 2 is 1.90 bits per heavy atom. The third kappa shape index (κ3) is 6.68. The monoisotopic (exact) mass is 444 g/mol. The Hall–Kier alpha value is -3.14. The van der Waals surface area contributed by atoms with Crippen LogP contribution in [0.5, 0.6) is 5.75 Å². The first-order valence-corrected chi connectivity index (χ1v) is 11.1. The van der Waals surface area contributed by atoms with Gasteiger partial charge in [-0.05, 0) is 61.0 Å². The summed E-state index contributed by atoms with van der Waals surface area (Å²) in [6, 6.07) is 16.3. The van der Waals surface area contributed by atoms with Crippen LogP contribution in [-0.4, -0.2) is 38.7 Å². The fraction of sp³-hybridized carbons (Fsp3) is 0.227. The second kappa shape index (κ2) is 10.3. The van der Waals surface area contributed by atoms with Crippen LogP contribution in [0.2, 0.25) is 0 Å². The summed E-state index contributed by atoms with van der Waals surface area (Å²) >= 11 is 0. The van der Waals surface area contributed by atoms with Gasteiger partial charge in [0.25, 0.3) is 5.91 Å². The van der Waals surface area contributed by atoms with E-state index < -0.39 is 22.0 Å². The number of nitrogens with one attached hydrogen (secondary N) is 2. The van der Waals surface area contributed by atoms with E-state index in [-0.39, 0.29) is 30.2 Å². The molecule has 1 amide bonds. The van der Waals surface area contributed by atoms with E-state index >= 15 is 0 Å². The lowest BCUT2D eigenvalue weighted by atomic mass is 10.2. The van der Waals surface area contributed by atoms with Crippen LogP contribution in [0.1, 0.15) is 21.7 Å². The summed E-state index contributed by atoms with van der Waals surface area (Å²) in [5, 5.41) is 12.6. The predicted molar refractivity (Wildman–Crippen MR) is 114 cm³/mol. The standard InChI is InChI=1S/C22H24N2O6S/c1-16-4-2-5-19(12-16)30-15-18(25)13-23-22(26)17-7-9-21(10-8-17)31(27,28)24-14-20-6-3-11-29-20/h2-12,18,24-25H,13-15H2,1H3,(H,23,26). The minimum Gasteiger partial charge on any atom is -0.491 e. The van der Waals surface area contributed by atoms with E-state index in [1.807, 2.05) is 25.1 Å². The van der Waals surface area contributed by atoms with Crippen molar-refractivity contribution in [3.63, 3.8) is 0 Å². The molecule has 0 saturated heterocycles. The third-order valence-corrected chi connectivity index (χ3v) is 5.79. The Balaban J connectivity index is 1.48. The molecule has 31 heavy (non-hydrogen) atoms. The van der Waals surface area contributed by atoms with Crippen molar-refractivity contribution in [3.05, 3.63) is 83.8 Å². The van der Waals surface area contributed by atoms with Gasteiger partial charge >= 0.3 is 0 Å². The molecule has 1 unspecified atom stereocenters. The maximum Gasteiger partial charge on any atom is 0.251 e. The Morgan fingerprint density at radius 3 is 2.58 bits per heavy atom. The molecule has 0 saturated carbocycles. The van der Waals surface area contributed by atoms with E-state index in [1.165, 1.54) is 30.5 Å². The van der Waals surface area contributed by atoms with Gasteiger partial charge in [0.15, 0.2) is 0 Å². The number of aliphatic hydroxyl groups excluding tert-OH is 1. The van der Waals surface area contributed by atoms with Crippen LogP contribution in [0.25, 0.3) is 0 Å². The number of carbonyl (C=O) groups is 1. The highest BCUT2D eigenvalue weighted by Crippen LogP contribution is 2.13. The van der Waals surface area contributed by atoms with Crippen molar-refractivity contribution >= 4 is 15.9 Å². The van der Waals surface area contributed by atoms with Gasteiger partial charge in [-0.1, -0.05) is 12.1 Å². The molecule has 1 atom stereocenters. The lowest BCUT2D eigenvalue weighted by Gasteiger charge is -2.14. The van der Waals surface area contributed by atoms with Crippen LogP contribution in [0.15, 0.2) is 76.2 Å². The average molecular weight is 445 g/mol. The van der Waals surface area contributed by atoms with Gasteiger partial charge in [0.2, 0.25) is 10.0 Å². The Labute approximate surface area is 180 Å². The molecular formula is C22H24N2O6S. The van der Waals surface area contributed by atoms with Crippen molar-refractivity contribution in [1.29, 1.82) is 0 Å². The van der Waals surface area contributed by atoms with E-state index in [0.29, 0.717) is 11.5 Å². The maximum absolute atomic E-state index is 12.3. The molecule has 0 bridgehead atoms. The fourth-order valence-electron chi connectivity index (χ4n) is 2.72. The highest BCUT2D eigenvalue weighted by atomic mass is 32.2. The molecule has 0 radical (unpaired) electrons. The van der Waals surface area contributed by atoms with Crippen molar-refractivity contribution in [1.82, 2.24) is 10.0 Å². The highest BCUT2D eigenvalue weighted by molar-refractivity contribution is 7.89. The minimum atomic E-state index is -3.74. The molecule has 0 aliphatic rings. The number of benzene rings is 2. The van der Waals surface area contributed by atoms with Gasteiger partial charge < -0.3 is 19.6 Å². The van der Waals surface area contributed by atoms with Gasteiger partial charge in [-0.3, -0.25) is 4.79 Å². The number of aryl methyl sites for hydroxylation is 1. The smallest absolute Gasteiger partial charge is 0.251 e. The number of ether oxygens (including phenoxy) is 1. The third-order valence-electron chi connectivity index (χ3n) is 4.37. The first kappa shape index (κ1) is 22.5. The molecule has 0 aliphatic carbocycles. The second-order valence-electron chi connectivity index (χ2n) is 6.92. The van der Waals surface area contributed by atoms with Crippen molar-refractivity contribution in [3.8, 4) is 5.75 Å². The molecule has 0 aliphatic heterocycles. The quantitative estimate of drug-likeness (QED) is 0.441. The number of sulfonamides is 1. The molecule has 3 N–H and O–H groups in total. The number of carbonyl (C=O) groups excluding carboxylic acids is 1. The molecule has 1 heterocycles. The number of furan rings is 1. The number of amides is 1. The first-order valence-electron chi connectivity index (χ1n) is 9.61. The lowest BCUT2D eigenvalue weighted by molar-refractivity contribution is 0.0843. The topological polar surface area (TPSA) is 118 Å². The second-order valence-corrected chi connectivity index (χ2v) is 8.69. The van der Waals surface area contributed by atoms with E-state index in [0.717, 1.165) is 5.56 Å². The molecule has 2 aromatic carbocycles. The molecule has 0 spiro atoms. The van der Waals surface area contributed by atoms with E-state index in [9.17, 15) is 18.3 Å². The zero-order valence-corrected chi connectivity index (χ0v) is 17.8. The fourth-order valence-corrected chi connectivity index (χ4v) is 3.71. The number of rotatable bonds is 10. The zero-order chi connectivity index (χ0) is 22.3. The van der Waals surface area contributed by atoms with Crippen LogP contribution < -0.4 is 14.8 Å². The van der Waals surface area contributed by atoms with E-state index in [2.05, 4.69) is 10.0 Å². The first-order chi connectivity index (χ1) is 14.8. The molecule has 8 nitrogen and oxygen atoms in total. The summed E-state index contributed by atoms with van der Waals surface area (Å²) in [5.74, 6) is 0.703. The summed E-state index contributed by atoms with van der Waals surface area (Å²) in [7, 11) is -3.74. The van der Waals surface area contributed by atoms with Crippen molar-refractivity contribution < 1.29 is 27.5 Å². The predicted octanol–water partition coefficient (Wildman–Crippen LogP) is 2.24. The van der Waals surface area contributed by atoms with Gasteiger partial charge in [0.05, 0.1) is 17.7 Å². The van der Waals surface area contributed by atoms with Gasteiger partial charge in [0, 0.05) is 12.1 Å². The molecule has 9 heteroatoms. The van der Waals surface area contributed by atoms with Crippen LogP contribution >= 0.6 is 0 Å². The number of aliphatic hydroxyl groups is 1. The van der Waals surface area contributed by atoms with Crippen LogP contribution in [-0.2, 0) is 16.6 Å². The normalized spacial score (nSPS) is 12.3. The molecule has 3 aromatic rings. The SMILES string of the molecule is Cc1cccc(OCC(O)CNC(=O)c2ccc(S(=O)(=O)NCc3ccco3)cc2)c1. The average Bonchev–Trinajstić information content (AvgIpc) is 3.29. The summed E-state index contributed by atoms with van der Waals surface area (Å²) < 4.78 is 37.7. The minimum absolute atomic E-state index is 0.00456. The summed E-state index contributed by atoms with van der Waals surface area (Å²) in [6.45, 7) is 1.99. The molecule has 164 valence electrons. The van der Waals surface area contributed by atoms with E-state index in [4.69, 9.17) is 9.15 Å². The number of hydrogen-bond donors (Lipinski definition) is 3. The van der Waals surface area contributed by atoms with Crippen LogP contribution in [0, 0.1) is 6.92 Å². The van der Waals surface area contributed by atoms with Crippen LogP contribution in [0.4, 0.5) is 0 Å². The van der Waals surface area contributed by atoms with Crippen LogP contribution in [0.3, 0.4) is 0 Å². The van der Waals surface area contributed by atoms with Crippen molar-refractivity contribution in [2.75, 3.05) is 13.2 Å². The number of hydrogen-bond acceptors (Lipinski definition) is 6. The molecule has 3 rings (SSSR count). The highest BCUT2D eigenvalue weighted by Gasteiger charge is 2.16. The zero-order valence-electron chi connectivity index (χ0n) is 16.9. The van der Waals surface area contributed by atoms with Gasteiger partial charge in [-0.2, -0.15) is 0 Å². The Morgan fingerprint density at radius 1 is 1.13 bits per heavy atom. The summed E-state index contributed by atoms with van der Waals surface area (Å²) in [4.78, 5) is 12.3. The van der Waals surface area contributed by atoms with Gasteiger partial charge in [0.1, 0.15) is 24.2 Å². The molecule has 0 fully saturated rings. The lowest BCUT2D eigenvalue weighted by Crippen LogP contribution is -2.35. The molecule has 1 aromatic heterocycles. The Kier molecular flexibility index (Phi) is 7.45. The van der Waals surface area contributed by atoms with Gasteiger partial charge in [-0.15, -0.1) is 0 Å². The Bertz CT molecular complexity index is 1100. The summed E-state index contributed by atoms with van der Waals surface area (Å²) in [5.41, 5.74) is 1.32. The largest absolute Gasteiger partial charge is 0.491 e. The van der Waals surface area contributed by atoms with Crippen molar-refractivity contribution in [2.24, 2.45) is 0 Å². The maximum atomic E-state index is 12.3. The van der Waals surface area contributed by atoms with Crippen molar-refractivity contribution in [2.45, 2.75) is 24.5 Å². The summed E-state index contributed by atoms with van der Waals surface area (Å²) in [6.07, 6.45) is 0.567. The van der Waals surface area contributed by atoms with E-state index in [1.54, 1.807) is 18.2 Å². The molecular weight excluding hydrogens is 420 g/mol. The van der Waals surface area contributed by atoms with Gasteiger partial charge in [-0.25, -0.2) is 13.1 Å².